The number of benzene rings is 2. The minimum atomic E-state index is -3.28. The van der Waals surface area contributed by atoms with Crippen molar-refractivity contribution in [2.24, 2.45) is 0 Å². The fraction of sp³-hybridized carbons (Fsp3) is 0.375. The maximum Gasteiger partial charge on any atom is 0.181 e. The molecule has 2 unspecified atom stereocenters. The highest BCUT2D eigenvalue weighted by Crippen LogP contribution is 2.23. The van der Waals surface area contributed by atoms with Gasteiger partial charge in [-0.2, -0.15) is 0 Å². The van der Waals surface area contributed by atoms with Crippen molar-refractivity contribution in [3.8, 4) is 0 Å². The van der Waals surface area contributed by atoms with Crippen molar-refractivity contribution in [2.75, 3.05) is 7.05 Å². The van der Waals surface area contributed by atoms with Crippen molar-refractivity contribution < 1.29 is 8.42 Å². The molecule has 3 nitrogen and oxygen atoms in total. The predicted molar refractivity (Wildman–Crippen MR) is 83.7 cm³/mol. The van der Waals surface area contributed by atoms with E-state index in [9.17, 15) is 8.42 Å². The molecule has 0 fully saturated rings. The summed E-state index contributed by atoms with van der Waals surface area (Å²) in [5.74, 6) is 0. The van der Waals surface area contributed by atoms with E-state index in [1.165, 1.54) is 0 Å². The second kappa shape index (κ2) is 5.94. The second-order valence-corrected chi connectivity index (χ2v) is 7.66. The summed E-state index contributed by atoms with van der Waals surface area (Å²) < 4.78 is 25.2. The smallest absolute Gasteiger partial charge is 0.181 e. The number of hydrogen-bond acceptors (Lipinski definition) is 3. The summed E-state index contributed by atoms with van der Waals surface area (Å²) >= 11 is 0. The molecule has 0 aliphatic carbocycles. The Kier molecular flexibility index (Phi) is 4.45. The molecule has 0 aliphatic rings. The fourth-order valence-corrected chi connectivity index (χ4v) is 3.87. The lowest BCUT2D eigenvalue weighted by molar-refractivity contribution is 0.530. The van der Waals surface area contributed by atoms with Crippen LogP contribution in [0.2, 0.25) is 0 Å². The van der Waals surface area contributed by atoms with Crippen LogP contribution in [0.15, 0.2) is 47.4 Å². The van der Waals surface area contributed by atoms with Gasteiger partial charge in [-0.05, 0) is 50.2 Å². The van der Waals surface area contributed by atoms with Crippen LogP contribution in [-0.2, 0) is 9.84 Å². The van der Waals surface area contributed by atoms with Gasteiger partial charge in [0.15, 0.2) is 9.84 Å². The van der Waals surface area contributed by atoms with Gasteiger partial charge in [-0.25, -0.2) is 8.42 Å². The van der Waals surface area contributed by atoms with Gasteiger partial charge in [-0.15, -0.1) is 0 Å². The van der Waals surface area contributed by atoms with Gasteiger partial charge in [0.1, 0.15) is 0 Å². The second-order valence-electron chi connectivity index (χ2n) is 5.29. The zero-order valence-electron chi connectivity index (χ0n) is 12.1. The molecule has 0 aromatic heterocycles. The minimum Gasteiger partial charge on any atom is -0.317 e. The number of sulfone groups is 1. The first-order valence-electron chi connectivity index (χ1n) is 6.85. The maximum absolute atomic E-state index is 12.6. The van der Waals surface area contributed by atoms with E-state index in [1.807, 2.05) is 44.3 Å². The lowest BCUT2D eigenvalue weighted by atomic mass is 10.1. The Labute approximate surface area is 120 Å². The quantitative estimate of drug-likeness (QED) is 0.921. The van der Waals surface area contributed by atoms with E-state index < -0.39 is 15.1 Å². The summed E-state index contributed by atoms with van der Waals surface area (Å²) in [5, 5.41) is 4.71. The van der Waals surface area contributed by atoms with Crippen molar-refractivity contribution >= 4 is 20.6 Å². The summed E-state index contributed by atoms with van der Waals surface area (Å²) in [6, 6.07) is 13.3. The van der Waals surface area contributed by atoms with Crippen LogP contribution >= 0.6 is 0 Å². The standard InChI is InChI=1S/C16H21NO2S/c1-12(17-3)10-13(2)20(18,19)16-9-8-14-6-4-5-7-15(14)11-16/h4-9,11-13,17H,10H2,1-3H3. The first kappa shape index (κ1) is 15.0. The summed E-state index contributed by atoms with van der Waals surface area (Å²) in [5.41, 5.74) is 0. The van der Waals surface area contributed by atoms with E-state index >= 15 is 0 Å². The highest BCUT2D eigenvalue weighted by molar-refractivity contribution is 7.92. The molecule has 20 heavy (non-hydrogen) atoms. The van der Waals surface area contributed by atoms with Gasteiger partial charge in [-0.1, -0.05) is 30.3 Å². The van der Waals surface area contributed by atoms with Crippen LogP contribution in [0.1, 0.15) is 20.3 Å². The molecule has 0 bridgehead atoms. The molecule has 0 radical (unpaired) electrons. The first-order chi connectivity index (χ1) is 9.45. The topological polar surface area (TPSA) is 46.2 Å². The molecule has 108 valence electrons. The van der Waals surface area contributed by atoms with Crippen LogP contribution in [0.25, 0.3) is 10.8 Å². The Morgan fingerprint density at radius 3 is 2.35 bits per heavy atom. The molecule has 0 saturated carbocycles. The Balaban J connectivity index is 2.36. The van der Waals surface area contributed by atoms with Gasteiger partial charge in [-0.3, -0.25) is 0 Å². The number of nitrogens with one attached hydrogen (secondary N) is 1. The number of rotatable bonds is 5. The lowest BCUT2D eigenvalue weighted by Gasteiger charge is -2.17. The highest BCUT2D eigenvalue weighted by atomic mass is 32.2. The van der Waals surface area contributed by atoms with Gasteiger partial charge in [0.25, 0.3) is 0 Å². The van der Waals surface area contributed by atoms with E-state index in [-0.39, 0.29) is 6.04 Å². The molecule has 2 aromatic carbocycles. The molecule has 0 saturated heterocycles. The summed E-state index contributed by atoms with van der Waals surface area (Å²) in [4.78, 5) is 0.409. The normalized spacial score (nSPS) is 15.2. The third kappa shape index (κ3) is 3.02. The Bertz CT molecular complexity index is 694. The summed E-state index contributed by atoms with van der Waals surface area (Å²) in [6.45, 7) is 3.77. The van der Waals surface area contributed by atoms with E-state index in [4.69, 9.17) is 0 Å². The number of fused-ring (bicyclic) bond motifs is 1. The third-order valence-corrected chi connectivity index (χ3v) is 5.92. The van der Waals surface area contributed by atoms with Crippen LogP contribution in [-0.4, -0.2) is 26.8 Å². The average Bonchev–Trinajstić information content (AvgIpc) is 2.46. The molecule has 1 N–H and O–H groups in total. The summed E-state index contributed by atoms with van der Waals surface area (Å²) in [7, 11) is -1.43. The third-order valence-electron chi connectivity index (χ3n) is 3.76. The van der Waals surface area contributed by atoms with Gasteiger partial charge in [0.2, 0.25) is 0 Å². The number of hydrogen-bond donors (Lipinski definition) is 1. The Morgan fingerprint density at radius 2 is 1.70 bits per heavy atom. The van der Waals surface area contributed by atoms with E-state index in [1.54, 1.807) is 19.1 Å². The minimum absolute atomic E-state index is 0.181. The molecule has 2 atom stereocenters. The van der Waals surface area contributed by atoms with Gasteiger partial charge >= 0.3 is 0 Å². The van der Waals surface area contributed by atoms with Gasteiger partial charge in [0, 0.05) is 6.04 Å². The molecule has 2 rings (SSSR count). The molecule has 0 spiro atoms. The van der Waals surface area contributed by atoms with E-state index in [0.29, 0.717) is 11.3 Å². The van der Waals surface area contributed by atoms with Crippen LogP contribution in [0, 0.1) is 0 Å². The van der Waals surface area contributed by atoms with E-state index in [2.05, 4.69) is 5.32 Å². The predicted octanol–water partition coefficient (Wildman–Crippen LogP) is 3.00. The van der Waals surface area contributed by atoms with Crippen molar-refractivity contribution in [3.05, 3.63) is 42.5 Å². The molecule has 4 heteroatoms. The zero-order chi connectivity index (χ0) is 14.8. The molecule has 0 amide bonds. The van der Waals surface area contributed by atoms with Crippen LogP contribution in [0.3, 0.4) is 0 Å². The van der Waals surface area contributed by atoms with Crippen LogP contribution in [0.4, 0.5) is 0 Å². The SMILES string of the molecule is CNC(C)CC(C)S(=O)(=O)c1ccc2ccccc2c1. The van der Waals surface area contributed by atoms with Gasteiger partial charge in [0.05, 0.1) is 10.1 Å². The fourth-order valence-electron chi connectivity index (χ4n) is 2.32. The molecular formula is C16H21NO2S. The zero-order valence-corrected chi connectivity index (χ0v) is 12.9. The van der Waals surface area contributed by atoms with Crippen molar-refractivity contribution in [3.63, 3.8) is 0 Å². The molecular weight excluding hydrogens is 270 g/mol. The van der Waals surface area contributed by atoms with Gasteiger partial charge < -0.3 is 5.32 Å². The average molecular weight is 291 g/mol. The highest BCUT2D eigenvalue weighted by Gasteiger charge is 2.24. The van der Waals surface area contributed by atoms with E-state index in [0.717, 1.165) is 10.8 Å². The Morgan fingerprint density at radius 1 is 1.05 bits per heavy atom. The summed E-state index contributed by atoms with van der Waals surface area (Å²) in [6.07, 6.45) is 0.603. The Hall–Kier alpha value is -1.39. The van der Waals surface area contributed by atoms with Crippen molar-refractivity contribution in [2.45, 2.75) is 36.5 Å². The first-order valence-corrected chi connectivity index (χ1v) is 8.39. The molecule has 2 aromatic rings. The molecule has 0 heterocycles. The van der Waals surface area contributed by atoms with Crippen molar-refractivity contribution in [1.82, 2.24) is 5.32 Å². The molecule has 0 aliphatic heterocycles. The monoisotopic (exact) mass is 291 g/mol. The van der Waals surface area contributed by atoms with Crippen LogP contribution in [0.5, 0.6) is 0 Å². The lowest BCUT2D eigenvalue weighted by Crippen LogP contribution is -2.29. The largest absolute Gasteiger partial charge is 0.317 e. The van der Waals surface area contributed by atoms with Crippen LogP contribution < -0.4 is 5.32 Å². The maximum atomic E-state index is 12.6. The van der Waals surface area contributed by atoms with Crippen molar-refractivity contribution in [1.29, 1.82) is 0 Å².